The number of guanidine groups is 2. The number of carbonyl (C=O) groups is 10. The fourth-order valence-corrected chi connectivity index (χ4v) is 8.09. The smallest absolute Gasteiger partial charge is 0.323 e. The van der Waals surface area contributed by atoms with Crippen molar-refractivity contribution in [2.75, 3.05) is 32.7 Å². The lowest BCUT2D eigenvalue weighted by Crippen LogP contribution is -2.62. The minimum Gasteiger partial charge on any atom is -0.480 e. The van der Waals surface area contributed by atoms with E-state index in [0.29, 0.717) is 25.0 Å². The molecule has 83 heavy (non-hydrogen) atoms. The maximum absolute atomic E-state index is 14.2. The van der Waals surface area contributed by atoms with Gasteiger partial charge in [-0.25, -0.2) is 4.98 Å². The van der Waals surface area contributed by atoms with Crippen LogP contribution in [0.3, 0.4) is 0 Å². The van der Waals surface area contributed by atoms with Crippen molar-refractivity contribution < 1.29 is 63.3 Å². The van der Waals surface area contributed by atoms with E-state index in [9.17, 15) is 63.3 Å². The number of aliphatic imine (C=N–C) groups is 2. The molecule has 0 spiro atoms. The SMILES string of the molecule is CCCN(CC(=O)O)C(=O)[C@@H](NC(=O)[C@H](CCCN=C(N)N)NC(=O)CNC(=O)[C@@H](NC(=O)[C@@H](NC(=O)[C@H](Cc1cnc[nH]1)NC(=O)[C@H](CCc1ccccc1)NC(=O)[C@H](C)NC(=O)[C@@H](N)CCCN=C(N)N)[C@@H](C)O)[C@@H](C)O)C(C)CC. The Morgan fingerprint density at radius 2 is 1.19 bits per heavy atom. The van der Waals surface area contributed by atoms with Gasteiger partial charge in [0.05, 0.1) is 31.1 Å². The van der Waals surface area contributed by atoms with Gasteiger partial charge in [0, 0.05) is 37.9 Å². The van der Waals surface area contributed by atoms with E-state index in [1.165, 1.54) is 19.4 Å². The maximum Gasteiger partial charge on any atom is 0.323 e. The van der Waals surface area contributed by atoms with Crippen molar-refractivity contribution in [2.45, 2.75) is 160 Å². The molecule has 0 saturated carbocycles. The van der Waals surface area contributed by atoms with Crippen LogP contribution in [0.15, 0.2) is 52.8 Å². The van der Waals surface area contributed by atoms with Gasteiger partial charge in [-0.2, -0.15) is 0 Å². The van der Waals surface area contributed by atoms with Gasteiger partial charge in [-0.3, -0.25) is 57.9 Å². The molecule has 0 radical (unpaired) electrons. The standard InChI is InChI=1S/C52H86N18O13/c1-7-22-70(26-39(74)75)50(83)40(28(3)8-2)67-46(79)35(17-13-21-60-52(56)57)64-38(73)25-61-48(81)41(30(5)71)69-49(82)42(31(6)72)68-47(80)37(23-33-24-58-27-62-33)66-45(78)36(19-18-32-14-10-9-11-15-32)65-43(76)29(4)63-44(77)34(53)16-12-20-59-51(54)55/h9-11,14-15,24,27-31,34-37,40-42,71-72H,7-8,12-13,16-23,25-26,53H2,1-6H3,(H,58,62)(H,61,81)(H,63,77)(H,64,73)(H,65,76)(H,66,78)(H,67,79)(H,68,80)(H,69,82)(H,74,75)(H4,54,55,59)(H4,56,57,60)/t28?,29-,30+,31+,34-,35-,36-,37-,40-,41-,42-/m0/s1. The number of rotatable bonds is 38. The summed E-state index contributed by atoms with van der Waals surface area (Å²) < 4.78 is 0. The molecule has 1 aromatic carbocycles. The summed E-state index contributed by atoms with van der Waals surface area (Å²) in [6.07, 6.45) is 0.820. The fraction of sp³-hybridized carbons (Fsp3) is 0.596. The van der Waals surface area contributed by atoms with Crippen LogP contribution in [0.1, 0.15) is 97.7 Å². The molecule has 0 saturated heterocycles. The van der Waals surface area contributed by atoms with Crippen LogP contribution in [0.4, 0.5) is 0 Å². The number of carboxylic acid groups (broad SMARTS) is 1. The molecule has 0 bridgehead atoms. The van der Waals surface area contributed by atoms with Gasteiger partial charge in [-0.15, -0.1) is 0 Å². The van der Waals surface area contributed by atoms with Gasteiger partial charge in [-0.05, 0) is 77.2 Å². The summed E-state index contributed by atoms with van der Waals surface area (Å²) in [6, 6.07) is -2.28. The molecule has 0 aliphatic carbocycles. The zero-order valence-corrected chi connectivity index (χ0v) is 47.9. The Labute approximate surface area is 481 Å². The average Bonchev–Trinajstić information content (AvgIpc) is 3.95. The van der Waals surface area contributed by atoms with Crippen LogP contribution < -0.4 is 71.2 Å². The van der Waals surface area contributed by atoms with E-state index >= 15 is 0 Å². The van der Waals surface area contributed by atoms with E-state index in [1.807, 2.05) is 0 Å². The van der Waals surface area contributed by atoms with Gasteiger partial charge in [0.15, 0.2) is 11.9 Å². The van der Waals surface area contributed by atoms with Crippen LogP contribution in [0.2, 0.25) is 0 Å². The Balaban J connectivity index is 2.32. The highest BCUT2D eigenvalue weighted by Gasteiger charge is 2.37. The number of carbonyl (C=O) groups excluding carboxylic acids is 9. The number of aromatic nitrogens is 2. The van der Waals surface area contributed by atoms with Crippen LogP contribution in [0, 0.1) is 5.92 Å². The predicted octanol–water partition coefficient (Wildman–Crippen LogP) is -5.32. The molecule has 0 aliphatic rings. The number of aromatic amines is 1. The van der Waals surface area contributed by atoms with E-state index < -0.39 is 139 Å². The number of nitrogens with one attached hydrogen (secondary N) is 9. The highest BCUT2D eigenvalue weighted by Crippen LogP contribution is 2.14. The topological polar surface area (TPSA) is 514 Å². The molecule has 1 heterocycles. The molecule has 2 rings (SSSR count). The Morgan fingerprint density at radius 1 is 0.651 bits per heavy atom. The second-order valence-electron chi connectivity index (χ2n) is 20.0. The third kappa shape index (κ3) is 26.3. The number of aliphatic hydroxyl groups is 2. The predicted molar refractivity (Wildman–Crippen MR) is 304 cm³/mol. The van der Waals surface area contributed by atoms with Crippen LogP contribution >= 0.6 is 0 Å². The molecule has 0 aliphatic heterocycles. The number of nitrogens with two attached hydrogens (primary N) is 5. The molecule has 31 nitrogen and oxygen atoms in total. The van der Waals surface area contributed by atoms with Crippen LogP contribution in [0.25, 0.3) is 0 Å². The van der Waals surface area contributed by atoms with E-state index in [1.54, 1.807) is 51.1 Å². The molecule has 462 valence electrons. The number of aliphatic carboxylic acids is 1. The first-order valence-corrected chi connectivity index (χ1v) is 27.3. The van der Waals surface area contributed by atoms with Gasteiger partial charge in [0.1, 0.15) is 48.8 Å². The van der Waals surface area contributed by atoms with Gasteiger partial charge in [0.25, 0.3) is 0 Å². The molecule has 31 heteroatoms. The van der Waals surface area contributed by atoms with Crippen molar-refractivity contribution in [1.82, 2.24) is 57.4 Å². The molecule has 9 amide bonds. The van der Waals surface area contributed by atoms with Gasteiger partial charge in [-0.1, -0.05) is 57.5 Å². The van der Waals surface area contributed by atoms with Crippen molar-refractivity contribution in [3.8, 4) is 0 Å². The fourth-order valence-electron chi connectivity index (χ4n) is 8.09. The number of carboxylic acids is 1. The third-order valence-electron chi connectivity index (χ3n) is 12.9. The number of hydrogen-bond acceptors (Lipinski definition) is 16. The highest BCUT2D eigenvalue weighted by atomic mass is 16.4. The summed E-state index contributed by atoms with van der Waals surface area (Å²) in [5.74, 6) is -10.1. The molecule has 0 fully saturated rings. The lowest BCUT2D eigenvalue weighted by molar-refractivity contribution is -0.146. The average molecular weight is 1170 g/mol. The molecule has 1 unspecified atom stereocenters. The molecule has 2 aromatic rings. The summed E-state index contributed by atoms with van der Waals surface area (Å²) in [4.78, 5) is 151. The number of H-pyrrole nitrogens is 1. The second kappa shape index (κ2) is 36.8. The van der Waals surface area contributed by atoms with Crippen LogP contribution in [0.5, 0.6) is 0 Å². The lowest BCUT2D eigenvalue weighted by atomic mass is 9.96. The second-order valence-corrected chi connectivity index (χ2v) is 20.0. The number of hydrogen-bond donors (Lipinski definition) is 17. The Bertz CT molecular complexity index is 2490. The van der Waals surface area contributed by atoms with E-state index in [2.05, 4.69) is 62.5 Å². The maximum atomic E-state index is 14.2. The van der Waals surface area contributed by atoms with Gasteiger partial charge in [0.2, 0.25) is 53.2 Å². The first-order valence-electron chi connectivity index (χ1n) is 27.3. The molecular weight excluding hydrogens is 1080 g/mol. The summed E-state index contributed by atoms with van der Waals surface area (Å²) in [5.41, 5.74) is 28.8. The zero-order chi connectivity index (χ0) is 62.3. The molecule has 22 N–H and O–H groups in total. The Kier molecular flexibility index (Phi) is 31.3. The van der Waals surface area contributed by atoms with Crippen LogP contribution in [-0.2, 0) is 60.8 Å². The number of amides is 9. The lowest BCUT2D eigenvalue weighted by Gasteiger charge is -2.31. The van der Waals surface area contributed by atoms with Gasteiger partial charge < -0.3 is 96.4 Å². The van der Waals surface area contributed by atoms with Crippen molar-refractivity contribution in [3.05, 3.63) is 54.1 Å². The number of imidazole rings is 1. The van der Waals surface area contributed by atoms with Crippen molar-refractivity contribution in [1.29, 1.82) is 0 Å². The molecule has 1 aromatic heterocycles. The summed E-state index contributed by atoms with van der Waals surface area (Å²) in [6.45, 7) is 7.80. The number of aryl methyl sites for hydroxylation is 1. The first-order chi connectivity index (χ1) is 39.2. The number of nitrogens with zero attached hydrogens (tertiary/aromatic N) is 4. The van der Waals surface area contributed by atoms with E-state index in [-0.39, 0.29) is 70.1 Å². The molecular formula is C52H86N18O13. The van der Waals surface area contributed by atoms with E-state index in [4.69, 9.17) is 28.7 Å². The minimum absolute atomic E-state index is 0.00142. The Hall–Kier alpha value is -8.45. The monoisotopic (exact) mass is 1170 g/mol. The molecule has 11 atom stereocenters. The van der Waals surface area contributed by atoms with Crippen LogP contribution in [-0.4, -0.2) is 195 Å². The first kappa shape index (κ1) is 70.7. The number of aliphatic hydroxyl groups excluding tert-OH is 2. The summed E-state index contributed by atoms with van der Waals surface area (Å²) in [7, 11) is 0. The van der Waals surface area contributed by atoms with E-state index in [0.717, 1.165) is 24.3 Å². The minimum atomic E-state index is -1.85. The summed E-state index contributed by atoms with van der Waals surface area (Å²) in [5, 5.41) is 50.9. The zero-order valence-electron chi connectivity index (χ0n) is 47.9. The Morgan fingerprint density at radius 3 is 1.75 bits per heavy atom. The highest BCUT2D eigenvalue weighted by molar-refractivity contribution is 5.98. The van der Waals surface area contributed by atoms with Gasteiger partial charge >= 0.3 is 5.97 Å². The number of benzene rings is 1. The van der Waals surface area contributed by atoms with Crippen molar-refractivity contribution in [3.63, 3.8) is 0 Å². The normalized spacial score (nSPS) is 15.0. The van der Waals surface area contributed by atoms with Crippen molar-refractivity contribution in [2.24, 2.45) is 44.6 Å². The largest absolute Gasteiger partial charge is 0.480 e. The van der Waals surface area contributed by atoms with Crippen molar-refractivity contribution >= 4 is 71.1 Å². The quantitative estimate of drug-likeness (QED) is 0.0170. The summed E-state index contributed by atoms with van der Waals surface area (Å²) >= 11 is 0. The third-order valence-corrected chi connectivity index (χ3v) is 12.9.